The lowest BCUT2D eigenvalue weighted by atomic mass is 10.1. The fourth-order valence-electron chi connectivity index (χ4n) is 3.07. The molecule has 8 nitrogen and oxygen atoms in total. The number of rotatable bonds is 6. The third kappa shape index (κ3) is 5.18. The quantitative estimate of drug-likeness (QED) is 0.409. The number of amides is 3. The van der Waals surface area contributed by atoms with Crippen LogP contribution in [-0.4, -0.2) is 41.9 Å². The van der Waals surface area contributed by atoms with Gasteiger partial charge in [-0.05, 0) is 17.7 Å². The van der Waals surface area contributed by atoms with E-state index >= 15 is 0 Å². The van der Waals surface area contributed by atoms with Crippen molar-refractivity contribution < 1.29 is 14.4 Å². The highest BCUT2D eigenvalue weighted by Gasteiger charge is 2.32. The van der Waals surface area contributed by atoms with Gasteiger partial charge in [0.1, 0.15) is 18.4 Å². The number of carbonyl (C=O) groups excluding carboxylic acids is 3. The van der Waals surface area contributed by atoms with Crippen LogP contribution in [0.5, 0.6) is 0 Å². The summed E-state index contributed by atoms with van der Waals surface area (Å²) in [6.45, 7) is 1.49. The molecule has 1 aliphatic rings. The predicted molar refractivity (Wildman–Crippen MR) is 116 cm³/mol. The molecular weight excluding hydrogens is 402 g/mol. The first kappa shape index (κ1) is 21.4. The first-order valence-corrected chi connectivity index (χ1v) is 10.3. The molecule has 1 aliphatic heterocycles. The van der Waals surface area contributed by atoms with Crippen LogP contribution in [0.3, 0.4) is 0 Å². The lowest BCUT2D eigenvalue weighted by Gasteiger charge is -2.25. The molecular formula is C21H23N5O3S. The van der Waals surface area contributed by atoms with Gasteiger partial charge in [-0.2, -0.15) is 0 Å². The molecule has 1 atom stereocenters. The Morgan fingerprint density at radius 3 is 2.57 bits per heavy atom. The van der Waals surface area contributed by atoms with Crippen LogP contribution in [0.2, 0.25) is 0 Å². The monoisotopic (exact) mass is 425 g/mol. The van der Waals surface area contributed by atoms with E-state index in [0.29, 0.717) is 17.0 Å². The van der Waals surface area contributed by atoms with Crippen LogP contribution in [0, 0.1) is 5.41 Å². The maximum absolute atomic E-state index is 13.0. The zero-order chi connectivity index (χ0) is 21.7. The molecule has 0 radical (unpaired) electrons. The molecule has 156 valence electrons. The summed E-state index contributed by atoms with van der Waals surface area (Å²) < 4.78 is 0. The van der Waals surface area contributed by atoms with Gasteiger partial charge in [0.2, 0.25) is 11.8 Å². The highest BCUT2D eigenvalue weighted by atomic mass is 32.2. The Labute approximate surface area is 178 Å². The van der Waals surface area contributed by atoms with Gasteiger partial charge in [-0.3, -0.25) is 19.8 Å². The maximum Gasteiger partial charge on any atom is 0.250 e. The van der Waals surface area contributed by atoms with Crippen molar-refractivity contribution in [2.24, 2.45) is 5.73 Å². The Morgan fingerprint density at radius 1 is 1.20 bits per heavy atom. The molecule has 3 rings (SSSR count). The normalized spacial score (nSPS) is 15.7. The van der Waals surface area contributed by atoms with Crippen molar-refractivity contribution in [1.82, 2.24) is 10.6 Å². The van der Waals surface area contributed by atoms with Gasteiger partial charge in [0.15, 0.2) is 0 Å². The third-order valence-corrected chi connectivity index (χ3v) is 5.72. The van der Waals surface area contributed by atoms with Crippen molar-refractivity contribution in [3.8, 4) is 0 Å². The molecule has 0 spiro atoms. The highest BCUT2D eigenvalue weighted by Crippen LogP contribution is 2.34. The Morgan fingerprint density at radius 2 is 1.90 bits per heavy atom. The van der Waals surface area contributed by atoms with Gasteiger partial charge in [0, 0.05) is 29.7 Å². The molecule has 0 saturated carbocycles. The molecule has 2 aromatic rings. The number of nitrogens with two attached hydrogens (primary N) is 1. The van der Waals surface area contributed by atoms with E-state index < -0.39 is 6.04 Å². The molecule has 0 unspecified atom stereocenters. The van der Waals surface area contributed by atoms with E-state index in [-0.39, 0.29) is 36.6 Å². The number of hydrogen-bond acceptors (Lipinski definition) is 5. The van der Waals surface area contributed by atoms with Gasteiger partial charge >= 0.3 is 0 Å². The van der Waals surface area contributed by atoms with Crippen molar-refractivity contribution in [1.29, 1.82) is 5.41 Å². The molecule has 1 heterocycles. The standard InChI is InChI=1S/C21H23N5O3S/c1-13(27)25-16-12-30-18-5-3-2-4-17(18)26(21(16)29)11-19(28)24-10-14-6-8-15(9-7-14)20(22)23/h2-9,16H,10-12H2,1H3,(H3,22,23)(H,24,28)(H,25,27)/t16-/m1/s1. The molecule has 5 N–H and O–H groups in total. The van der Waals surface area contributed by atoms with Crippen LogP contribution in [0.4, 0.5) is 5.69 Å². The molecule has 0 bridgehead atoms. The van der Waals surface area contributed by atoms with E-state index in [1.165, 1.54) is 23.6 Å². The zero-order valence-corrected chi connectivity index (χ0v) is 17.3. The summed E-state index contributed by atoms with van der Waals surface area (Å²) in [4.78, 5) is 39.5. The number of anilines is 1. The van der Waals surface area contributed by atoms with Gasteiger partial charge in [0.25, 0.3) is 5.91 Å². The number of benzene rings is 2. The first-order valence-electron chi connectivity index (χ1n) is 9.35. The number of nitrogen functional groups attached to an aromatic ring is 1. The van der Waals surface area contributed by atoms with E-state index in [2.05, 4.69) is 10.6 Å². The summed E-state index contributed by atoms with van der Waals surface area (Å²) in [5, 5.41) is 12.9. The zero-order valence-electron chi connectivity index (χ0n) is 16.5. The van der Waals surface area contributed by atoms with E-state index in [0.717, 1.165) is 10.5 Å². The minimum Gasteiger partial charge on any atom is -0.384 e. The number of hydrogen-bond donors (Lipinski definition) is 4. The van der Waals surface area contributed by atoms with Crippen LogP contribution in [0.25, 0.3) is 0 Å². The smallest absolute Gasteiger partial charge is 0.250 e. The Bertz CT molecular complexity index is 977. The van der Waals surface area contributed by atoms with E-state index in [9.17, 15) is 14.4 Å². The number of para-hydroxylation sites is 1. The second-order valence-corrected chi connectivity index (χ2v) is 7.91. The minimum absolute atomic E-state index is 0.0180. The van der Waals surface area contributed by atoms with Gasteiger partial charge in [-0.15, -0.1) is 11.8 Å². The summed E-state index contributed by atoms with van der Waals surface area (Å²) in [6, 6.07) is 13.7. The van der Waals surface area contributed by atoms with E-state index in [4.69, 9.17) is 11.1 Å². The molecule has 2 aromatic carbocycles. The summed E-state index contributed by atoms with van der Waals surface area (Å²) in [6.07, 6.45) is 0. The maximum atomic E-state index is 13.0. The van der Waals surface area contributed by atoms with Gasteiger partial charge in [0.05, 0.1) is 5.69 Å². The predicted octanol–water partition coefficient (Wildman–Crippen LogP) is 1.23. The molecule has 30 heavy (non-hydrogen) atoms. The summed E-state index contributed by atoms with van der Waals surface area (Å²) in [5.41, 5.74) is 7.56. The highest BCUT2D eigenvalue weighted by molar-refractivity contribution is 7.99. The molecule has 9 heteroatoms. The number of amidine groups is 1. The average Bonchev–Trinajstić information content (AvgIpc) is 2.84. The summed E-state index contributed by atoms with van der Waals surface area (Å²) in [7, 11) is 0. The molecule has 0 aliphatic carbocycles. The number of nitrogens with zero attached hydrogens (tertiary/aromatic N) is 1. The Kier molecular flexibility index (Phi) is 6.73. The third-order valence-electron chi connectivity index (χ3n) is 4.56. The second kappa shape index (κ2) is 9.45. The van der Waals surface area contributed by atoms with Crippen molar-refractivity contribution in [3.63, 3.8) is 0 Å². The Hall–Kier alpha value is -3.33. The Balaban J connectivity index is 1.71. The lowest BCUT2D eigenvalue weighted by molar-refractivity contribution is -0.127. The largest absolute Gasteiger partial charge is 0.384 e. The van der Waals surface area contributed by atoms with Crippen molar-refractivity contribution in [2.45, 2.75) is 24.4 Å². The second-order valence-electron chi connectivity index (χ2n) is 6.84. The van der Waals surface area contributed by atoms with Gasteiger partial charge in [-0.25, -0.2) is 0 Å². The summed E-state index contributed by atoms with van der Waals surface area (Å²) in [5.74, 6) is -0.546. The number of nitrogens with one attached hydrogen (secondary N) is 3. The number of carbonyl (C=O) groups is 3. The topological polar surface area (TPSA) is 128 Å². The van der Waals surface area contributed by atoms with E-state index in [1.807, 2.05) is 18.2 Å². The van der Waals surface area contributed by atoms with Crippen LogP contribution >= 0.6 is 11.8 Å². The van der Waals surface area contributed by atoms with E-state index in [1.54, 1.807) is 30.3 Å². The lowest BCUT2D eigenvalue weighted by Crippen LogP contribution is -2.51. The number of thioether (sulfide) groups is 1. The molecule has 3 amide bonds. The van der Waals surface area contributed by atoms with Crippen LogP contribution in [0.15, 0.2) is 53.4 Å². The molecule has 0 aromatic heterocycles. The number of fused-ring (bicyclic) bond motifs is 1. The van der Waals surface area contributed by atoms with Crippen LogP contribution in [-0.2, 0) is 20.9 Å². The fourth-order valence-corrected chi connectivity index (χ4v) is 4.14. The molecule has 0 saturated heterocycles. The van der Waals surface area contributed by atoms with Gasteiger partial charge < -0.3 is 21.3 Å². The summed E-state index contributed by atoms with van der Waals surface area (Å²) >= 11 is 1.47. The van der Waals surface area contributed by atoms with Gasteiger partial charge in [-0.1, -0.05) is 36.4 Å². The van der Waals surface area contributed by atoms with Crippen LogP contribution < -0.4 is 21.3 Å². The van der Waals surface area contributed by atoms with Crippen molar-refractivity contribution in [3.05, 3.63) is 59.7 Å². The van der Waals surface area contributed by atoms with Crippen LogP contribution in [0.1, 0.15) is 18.1 Å². The van der Waals surface area contributed by atoms with Crippen molar-refractivity contribution >= 4 is 41.0 Å². The SMILES string of the molecule is CC(=O)N[C@@H]1CSc2ccccc2N(CC(=O)NCc2ccc(C(=N)N)cc2)C1=O. The average molecular weight is 426 g/mol. The molecule has 0 fully saturated rings. The van der Waals surface area contributed by atoms with Crippen molar-refractivity contribution in [2.75, 3.05) is 17.2 Å². The fraction of sp³-hybridized carbons (Fsp3) is 0.238. The minimum atomic E-state index is -0.702. The first-order chi connectivity index (χ1) is 14.3.